The highest BCUT2D eigenvalue weighted by Crippen LogP contribution is 2.08. The van der Waals surface area contributed by atoms with Gasteiger partial charge in [0.1, 0.15) is 12.2 Å². The summed E-state index contributed by atoms with van der Waals surface area (Å²) in [5.41, 5.74) is 6.33. The van der Waals surface area contributed by atoms with E-state index in [4.69, 9.17) is 5.73 Å². The van der Waals surface area contributed by atoms with Crippen molar-refractivity contribution < 1.29 is 0 Å². The molecule has 0 unspecified atom stereocenters. The molecule has 3 heterocycles. The first-order valence-corrected chi connectivity index (χ1v) is 5.68. The standard InChI is InChI=1S/C10H15N7/c11-9-5-13-17(6-9)4-2-15-1-3-16-8-12-14-10(16)7-15/h5-6,8H,1-4,7,11H2. The Labute approximate surface area is 98.8 Å². The second-order valence-electron chi connectivity index (χ2n) is 4.25. The number of rotatable bonds is 3. The Bertz CT molecular complexity index is 500. The Balaban J connectivity index is 1.57. The highest BCUT2D eigenvalue weighted by Gasteiger charge is 2.16. The monoisotopic (exact) mass is 233 g/mol. The van der Waals surface area contributed by atoms with Gasteiger partial charge in [-0.15, -0.1) is 10.2 Å². The Kier molecular flexibility index (Phi) is 2.52. The molecular formula is C10H15N7. The van der Waals surface area contributed by atoms with Gasteiger partial charge in [-0.2, -0.15) is 5.10 Å². The number of aromatic nitrogens is 5. The van der Waals surface area contributed by atoms with E-state index >= 15 is 0 Å². The van der Waals surface area contributed by atoms with E-state index in [-0.39, 0.29) is 0 Å². The summed E-state index contributed by atoms with van der Waals surface area (Å²) in [7, 11) is 0. The molecule has 0 radical (unpaired) electrons. The van der Waals surface area contributed by atoms with Crippen LogP contribution in [0.3, 0.4) is 0 Å². The molecule has 2 aromatic heterocycles. The molecule has 7 nitrogen and oxygen atoms in total. The summed E-state index contributed by atoms with van der Waals surface area (Å²) < 4.78 is 3.97. The molecular weight excluding hydrogens is 218 g/mol. The van der Waals surface area contributed by atoms with Crippen LogP contribution in [0.25, 0.3) is 0 Å². The SMILES string of the molecule is Nc1cnn(CCN2CCn3cnnc3C2)c1. The maximum atomic E-state index is 5.62. The lowest BCUT2D eigenvalue weighted by Gasteiger charge is -2.26. The zero-order valence-electron chi connectivity index (χ0n) is 9.53. The third-order valence-corrected chi connectivity index (χ3v) is 3.02. The summed E-state index contributed by atoms with van der Waals surface area (Å²) in [5.74, 6) is 1.04. The summed E-state index contributed by atoms with van der Waals surface area (Å²) in [6.45, 7) is 4.65. The van der Waals surface area contributed by atoms with E-state index in [9.17, 15) is 0 Å². The first-order chi connectivity index (χ1) is 8.31. The van der Waals surface area contributed by atoms with Crippen LogP contribution in [0.5, 0.6) is 0 Å². The lowest BCUT2D eigenvalue weighted by atomic mass is 10.3. The Morgan fingerprint density at radius 3 is 3.06 bits per heavy atom. The van der Waals surface area contributed by atoms with Crippen LogP contribution >= 0.6 is 0 Å². The van der Waals surface area contributed by atoms with Crippen molar-refractivity contribution in [1.29, 1.82) is 0 Å². The number of nitrogens with two attached hydrogens (primary N) is 1. The van der Waals surface area contributed by atoms with Crippen LogP contribution in [0.2, 0.25) is 0 Å². The first-order valence-electron chi connectivity index (χ1n) is 5.68. The summed E-state index contributed by atoms with van der Waals surface area (Å²) in [5, 5.41) is 12.2. The van der Waals surface area contributed by atoms with Gasteiger partial charge in [-0.1, -0.05) is 0 Å². The minimum absolute atomic E-state index is 0.711. The van der Waals surface area contributed by atoms with Crippen molar-refractivity contribution >= 4 is 5.69 Å². The number of nitrogen functional groups attached to an aromatic ring is 1. The Hall–Kier alpha value is -1.89. The second kappa shape index (κ2) is 4.17. The van der Waals surface area contributed by atoms with Crippen molar-refractivity contribution in [2.75, 3.05) is 18.8 Å². The fraction of sp³-hybridized carbons (Fsp3) is 0.500. The molecule has 0 aromatic carbocycles. The molecule has 1 aliphatic heterocycles. The molecule has 3 rings (SSSR count). The van der Waals surface area contributed by atoms with Crippen molar-refractivity contribution in [2.24, 2.45) is 0 Å². The molecule has 0 saturated heterocycles. The number of nitrogens with zero attached hydrogens (tertiary/aromatic N) is 6. The van der Waals surface area contributed by atoms with Crippen molar-refractivity contribution in [1.82, 2.24) is 29.4 Å². The Morgan fingerprint density at radius 2 is 2.24 bits per heavy atom. The Morgan fingerprint density at radius 1 is 1.29 bits per heavy atom. The third-order valence-electron chi connectivity index (χ3n) is 3.02. The van der Waals surface area contributed by atoms with Gasteiger partial charge in [-0.05, 0) is 0 Å². The van der Waals surface area contributed by atoms with E-state index < -0.39 is 0 Å². The molecule has 7 heteroatoms. The minimum Gasteiger partial charge on any atom is -0.396 e. The molecule has 0 bridgehead atoms. The zero-order chi connectivity index (χ0) is 11.7. The number of hydrogen-bond donors (Lipinski definition) is 1. The van der Waals surface area contributed by atoms with Crippen molar-refractivity contribution in [3.8, 4) is 0 Å². The van der Waals surface area contributed by atoms with Crippen molar-refractivity contribution in [3.05, 3.63) is 24.5 Å². The molecule has 0 aliphatic carbocycles. The smallest absolute Gasteiger partial charge is 0.147 e. The van der Waals surface area contributed by atoms with Gasteiger partial charge in [0, 0.05) is 25.8 Å². The van der Waals surface area contributed by atoms with Gasteiger partial charge in [0.15, 0.2) is 0 Å². The molecule has 0 spiro atoms. The third kappa shape index (κ3) is 2.14. The van der Waals surface area contributed by atoms with Crippen LogP contribution in [0.4, 0.5) is 5.69 Å². The van der Waals surface area contributed by atoms with E-state index in [1.165, 1.54) is 0 Å². The molecule has 0 amide bonds. The van der Waals surface area contributed by atoms with Crippen LogP contribution < -0.4 is 5.73 Å². The molecule has 90 valence electrons. The van der Waals surface area contributed by atoms with E-state index in [0.717, 1.165) is 38.5 Å². The number of hydrogen-bond acceptors (Lipinski definition) is 5. The van der Waals surface area contributed by atoms with Crippen LogP contribution in [0.1, 0.15) is 5.82 Å². The minimum atomic E-state index is 0.711. The van der Waals surface area contributed by atoms with Gasteiger partial charge >= 0.3 is 0 Å². The van der Waals surface area contributed by atoms with E-state index in [2.05, 4.69) is 24.8 Å². The number of fused-ring (bicyclic) bond motifs is 1. The molecule has 2 N–H and O–H groups in total. The van der Waals surface area contributed by atoms with Crippen molar-refractivity contribution in [2.45, 2.75) is 19.6 Å². The van der Waals surface area contributed by atoms with Gasteiger partial charge in [0.2, 0.25) is 0 Å². The molecule has 1 aliphatic rings. The summed E-state index contributed by atoms with van der Waals surface area (Å²) >= 11 is 0. The van der Waals surface area contributed by atoms with Crippen LogP contribution in [-0.4, -0.2) is 42.5 Å². The van der Waals surface area contributed by atoms with E-state index in [0.29, 0.717) is 5.69 Å². The predicted molar refractivity (Wildman–Crippen MR) is 61.9 cm³/mol. The number of anilines is 1. The maximum absolute atomic E-state index is 5.62. The van der Waals surface area contributed by atoms with Gasteiger partial charge in [-0.25, -0.2) is 0 Å². The molecule has 0 fully saturated rings. The molecule has 2 aromatic rings. The maximum Gasteiger partial charge on any atom is 0.147 e. The largest absolute Gasteiger partial charge is 0.396 e. The van der Waals surface area contributed by atoms with E-state index in [1.807, 2.05) is 10.9 Å². The zero-order valence-corrected chi connectivity index (χ0v) is 9.53. The summed E-state index contributed by atoms with van der Waals surface area (Å²) in [6, 6.07) is 0. The topological polar surface area (TPSA) is 77.8 Å². The molecule has 17 heavy (non-hydrogen) atoms. The van der Waals surface area contributed by atoms with Crippen LogP contribution in [-0.2, 0) is 19.6 Å². The summed E-state index contributed by atoms with van der Waals surface area (Å²) in [4.78, 5) is 2.35. The quantitative estimate of drug-likeness (QED) is 0.778. The molecule has 0 saturated carbocycles. The van der Waals surface area contributed by atoms with Crippen LogP contribution in [0, 0.1) is 0 Å². The highest BCUT2D eigenvalue weighted by molar-refractivity contribution is 5.30. The van der Waals surface area contributed by atoms with Gasteiger partial charge in [0.25, 0.3) is 0 Å². The molecule has 0 atom stereocenters. The predicted octanol–water partition coefficient (Wildman–Crippen LogP) is -0.427. The summed E-state index contributed by atoms with van der Waals surface area (Å²) in [6.07, 6.45) is 5.32. The lowest BCUT2D eigenvalue weighted by Crippen LogP contribution is -2.35. The average molecular weight is 233 g/mol. The van der Waals surface area contributed by atoms with Gasteiger partial charge < -0.3 is 10.3 Å². The fourth-order valence-electron chi connectivity index (χ4n) is 2.05. The normalized spacial score (nSPS) is 16.0. The highest BCUT2D eigenvalue weighted by atomic mass is 15.3. The van der Waals surface area contributed by atoms with E-state index in [1.54, 1.807) is 12.5 Å². The first kappa shape index (κ1) is 10.3. The lowest BCUT2D eigenvalue weighted by molar-refractivity contribution is 0.206. The van der Waals surface area contributed by atoms with Gasteiger partial charge in [0.05, 0.1) is 25.0 Å². The second-order valence-corrected chi connectivity index (χ2v) is 4.25. The van der Waals surface area contributed by atoms with Crippen LogP contribution in [0.15, 0.2) is 18.7 Å². The van der Waals surface area contributed by atoms with Gasteiger partial charge in [-0.3, -0.25) is 9.58 Å². The fourth-order valence-corrected chi connectivity index (χ4v) is 2.05. The van der Waals surface area contributed by atoms with Crippen molar-refractivity contribution in [3.63, 3.8) is 0 Å². The average Bonchev–Trinajstić information content (AvgIpc) is 2.94.